The molecule has 8 heteroatoms. The molecule has 2 unspecified atom stereocenters. The molecule has 0 aromatic heterocycles. The third kappa shape index (κ3) is 3.75. The highest BCUT2D eigenvalue weighted by Crippen LogP contribution is 2.63. The topological polar surface area (TPSA) is 108 Å². The lowest BCUT2D eigenvalue weighted by molar-refractivity contribution is -0.149. The first kappa shape index (κ1) is 24.0. The minimum Gasteiger partial charge on any atom is -0.394 e. The standard InChI is InChI=1S/C23H39N3O5/c1-13(11-27)26-16(18(29)25-21(5,6)12-20(2,3)4)23-10-9-22(7,31-23)14(17(28)24-8)15(23)19(26)30/h13-16,27H,9-12H2,1-8H3,(H,24,28)(H,25,29)/t13-,14+,15+,16?,22-,23?/m1/s1. The maximum Gasteiger partial charge on any atom is 0.246 e. The normalized spacial score (nSPS) is 35.8. The maximum absolute atomic E-state index is 13.7. The van der Waals surface area contributed by atoms with Crippen LogP contribution in [0.4, 0.5) is 0 Å². The van der Waals surface area contributed by atoms with Crippen LogP contribution in [-0.2, 0) is 19.1 Å². The minimum atomic E-state index is -1.06. The number of rotatable bonds is 6. The van der Waals surface area contributed by atoms with Crippen molar-refractivity contribution in [3.05, 3.63) is 0 Å². The van der Waals surface area contributed by atoms with Gasteiger partial charge in [-0.1, -0.05) is 20.8 Å². The molecule has 3 amide bonds. The molecule has 1 spiro atoms. The van der Waals surface area contributed by atoms with Crippen LogP contribution in [0.3, 0.4) is 0 Å². The Bertz CT molecular complexity index is 776. The van der Waals surface area contributed by atoms with E-state index >= 15 is 0 Å². The van der Waals surface area contributed by atoms with E-state index in [9.17, 15) is 19.5 Å². The lowest BCUT2D eigenvalue weighted by atomic mass is 9.66. The predicted molar refractivity (Wildman–Crippen MR) is 116 cm³/mol. The second-order valence-electron chi connectivity index (χ2n) is 11.7. The number of aliphatic hydroxyl groups excluding tert-OH is 1. The van der Waals surface area contributed by atoms with Gasteiger partial charge in [0.05, 0.1) is 30.1 Å². The van der Waals surface area contributed by atoms with Crippen molar-refractivity contribution in [2.75, 3.05) is 13.7 Å². The highest BCUT2D eigenvalue weighted by molar-refractivity contribution is 5.99. The molecule has 6 atom stereocenters. The monoisotopic (exact) mass is 437 g/mol. The fraction of sp³-hybridized carbons (Fsp3) is 0.870. The molecule has 2 bridgehead atoms. The zero-order valence-corrected chi connectivity index (χ0v) is 20.2. The molecule has 0 saturated carbocycles. The van der Waals surface area contributed by atoms with Gasteiger partial charge < -0.3 is 25.4 Å². The van der Waals surface area contributed by atoms with Gasteiger partial charge in [-0.25, -0.2) is 0 Å². The molecule has 0 aliphatic carbocycles. The van der Waals surface area contributed by atoms with Crippen LogP contribution in [0.15, 0.2) is 0 Å². The average Bonchev–Trinajstić information content (AvgIpc) is 3.18. The number of aliphatic hydroxyl groups is 1. The Balaban J connectivity index is 2.02. The number of ether oxygens (including phenoxy) is 1. The maximum atomic E-state index is 13.7. The second-order valence-corrected chi connectivity index (χ2v) is 11.7. The lowest BCUT2D eigenvalue weighted by Crippen LogP contribution is -2.61. The van der Waals surface area contributed by atoms with Crippen molar-refractivity contribution in [3.8, 4) is 0 Å². The molecule has 3 aliphatic rings. The summed E-state index contributed by atoms with van der Waals surface area (Å²) in [7, 11) is 1.55. The molecule has 8 nitrogen and oxygen atoms in total. The summed E-state index contributed by atoms with van der Waals surface area (Å²) >= 11 is 0. The Kier molecular flexibility index (Phi) is 5.76. The van der Waals surface area contributed by atoms with Crippen LogP contribution >= 0.6 is 0 Å². The van der Waals surface area contributed by atoms with Crippen molar-refractivity contribution >= 4 is 17.7 Å². The first-order valence-electron chi connectivity index (χ1n) is 11.3. The average molecular weight is 438 g/mol. The number of hydrogen-bond donors (Lipinski definition) is 3. The van der Waals surface area contributed by atoms with Crippen LogP contribution < -0.4 is 10.6 Å². The number of likely N-dealkylation sites (tertiary alicyclic amines) is 1. The number of nitrogens with zero attached hydrogens (tertiary/aromatic N) is 1. The second kappa shape index (κ2) is 7.44. The number of carbonyl (C=O) groups is 3. The van der Waals surface area contributed by atoms with Gasteiger partial charge in [0.15, 0.2) is 0 Å². The van der Waals surface area contributed by atoms with Crippen LogP contribution in [0.2, 0.25) is 0 Å². The molecule has 0 aromatic rings. The largest absolute Gasteiger partial charge is 0.394 e. The zero-order valence-electron chi connectivity index (χ0n) is 20.2. The highest BCUT2D eigenvalue weighted by atomic mass is 16.5. The molecule has 3 aliphatic heterocycles. The van der Waals surface area contributed by atoms with Crippen LogP contribution in [0.5, 0.6) is 0 Å². The molecule has 3 saturated heterocycles. The van der Waals surface area contributed by atoms with Crippen LogP contribution in [-0.4, -0.2) is 70.2 Å². The smallest absolute Gasteiger partial charge is 0.246 e. The Morgan fingerprint density at radius 3 is 2.35 bits per heavy atom. The van der Waals surface area contributed by atoms with Crippen molar-refractivity contribution in [1.82, 2.24) is 15.5 Å². The summed E-state index contributed by atoms with van der Waals surface area (Å²) in [6.45, 7) is 13.6. The molecule has 176 valence electrons. The molecule has 0 radical (unpaired) electrons. The molecule has 3 N–H and O–H groups in total. The Hall–Kier alpha value is -1.67. The molecule has 3 heterocycles. The minimum absolute atomic E-state index is 0.00126. The van der Waals surface area contributed by atoms with E-state index in [0.29, 0.717) is 12.8 Å². The van der Waals surface area contributed by atoms with Gasteiger partial charge in [-0.15, -0.1) is 0 Å². The Labute approximate surface area is 185 Å². The number of hydrogen-bond acceptors (Lipinski definition) is 5. The van der Waals surface area contributed by atoms with Gasteiger partial charge in [0.2, 0.25) is 17.7 Å². The van der Waals surface area contributed by atoms with Gasteiger partial charge in [-0.3, -0.25) is 14.4 Å². The third-order valence-corrected chi connectivity index (χ3v) is 7.16. The molecular formula is C23H39N3O5. The van der Waals surface area contributed by atoms with E-state index in [1.54, 1.807) is 14.0 Å². The predicted octanol–water partition coefficient (Wildman–Crippen LogP) is 1.21. The number of amides is 3. The number of carbonyl (C=O) groups excluding carboxylic acids is 3. The Morgan fingerprint density at radius 1 is 1.23 bits per heavy atom. The van der Waals surface area contributed by atoms with Gasteiger partial charge in [0.25, 0.3) is 0 Å². The number of nitrogens with one attached hydrogen (secondary N) is 2. The summed E-state index contributed by atoms with van der Waals surface area (Å²) in [4.78, 5) is 41.6. The van der Waals surface area contributed by atoms with Gasteiger partial charge in [-0.05, 0) is 52.4 Å². The summed E-state index contributed by atoms with van der Waals surface area (Å²) in [5.74, 6) is -2.21. The molecular weight excluding hydrogens is 398 g/mol. The fourth-order valence-electron chi connectivity index (χ4n) is 6.55. The van der Waals surface area contributed by atoms with E-state index in [0.717, 1.165) is 6.42 Å². The number of fused-ring (bicyclic) bond motifs is 1. The van der Waals surface area contributed by atoms with E-state index in [1.165, 1.54) is 4.90 Å². The van der Waals surface area contributed by atoms with Crippen molar-refractivity contribution in [3.63, 3.8) is 0 Å². The molecule has 0 aromatic carbocycles. The summed E-state index contributed by atoms with van der Waals surface area (Å²) < 4.78 is 6.49. The SMILES string of the molecule is CNC(=O)[C@@H]1[C@H]2C(=O)N([C@H](C)CO)C(C(=O)NC(C)(C)CC(C)(C)C)C23CC[C@@]1(C)O3. The van der Waals surface area contributed by atoms with Gasteiger partial charge >= 0.3 is 0 Å². The van der Waals surface area contributed by atoms with E-state index in [4.69, 9.17) is 4.74 Å². The van der Waals surface area contributed by atoms with Crippen molar-refractivity contribution < 1.29 is 24.2 Å². The lowest BCUT2D eigenvalue weighted by Gasteiger charge is -2.39. The van der Waals surface area contributed by atoms with E-state index in [-0.39, 0.29) is 29.7 Å². The van der Waals surface area contributed by atoms with Crippen molar-refractivity contribution in [2.45, 2.75) is 96.6 Å². The van der Waals surface area contributed by atoms with Gasteiger partial charge in [-0.2, -0.15) is 0 Å². The molecule has 31 heavy (non-hydrogen) atoms. The fourth-order valence-corrected chi connectivity index (χ4v) is 6.55. The van der Waals surface area contributed by atoms with Crippen molar-refractivity contribution in [2.24, 2.45) is 17.3 Å². The van der Waals surface area contributed by atoms with Crippen molar-refractivity contribution in [1.29, 1.82) is 0 Å². The summed E-state index contributed by atoms with van der Waals surface area (Å²) in [6.07, 6.45) is 1.88. The third-order valence-electron chi connectivity index (χ3n) is 7.16. The zero-order chi connectivity index (χ0) is 23.6. The summed E-state index contributed by atoms with van der Waals surface area (Å²) in [5, 5.41) is 15.7. The van der Waals surface area contributed by atoms with Gasteiger partial charge in [0, 0.05) is 12.6 Å². The first-order valence-corrected chi connectivity index (χ1v) is 11.3. The molecule has 3 fully saturated rings. The van der Waals surface area contributed by atoms with E-state index in [1.807, 2.05) is 20.8 Å². The van der Waals surface area contributed by atoms with E-state index < -0.39 is 40.7 Å². The van der Waals surface area contributed by atoms with Gasteiger partial charge in [0.1, 0.15) is 11.6 Å². The Morgan fingerprint density at radius 2 is 1.84 bits per heavy atom. The summed E-state index contributed by atoms with van der Waals surface area (Å²) in [5.41, 5.74) is -2.34. The summed E-state index contributed by atoms with van der Waals surface area (Å²) in [6, 6.07) is -1.45. The van der Waals surface area contributed by atoms with Crippen LogP contribution in [0.1, 0.15) is 67.7 Å². The quantitative estimate of drug-likeness (QED) is 0.579. The highest BCUT2D eigenvalue weighted by Gasteiger charge is 2.78. The van der Waals surface area contributed by atoms with E-state index in [2.05, 4.69) is 31.4 Å². The molecule has 3 rings (SSSR count). The van der Waals surface area contributed by atoms with Crippen LogP contribution in [0, 0.1) is 17.3 Å². The first-order chi connectivity index (χ1) is 14.1. The van der Waals surface area contributed by atoms with Crippen LogP contribution in [0.25, 0.3) is 0 Å².